The fourth-order valence-electron chi connectivity index (χ4n) is 1.18. The molecule has 16 heavy (non-hydrogen) atoms. The van der Waals surface area contributed by atoms with Crippen molar-refractivity contribution in [2.45, 2.75) is 32.9 Å². The van der Waals surface area contributed by atoms with Gasteiger partial charge < -0.3 is 4.90 Å². The Bertz CT molecular complexity index is 221. The molecule has 1 amide bonds. The molecule has 0 radical (unpaired) electrons. The molecule has 0 aliphatic heterocycles. The standard InChI is InChI=1S/C10H17ClF3NO/c1-3-8(2)6-9(16)15(5-4-11)7-10(12,13)14/h8H,3-7H2,1-2H3. The smallest absolute Gasteiger partial charge is 0.332 e. The Kier molecular flexibility index (Phi) is 6.79. The monoisotopic (exact) mass is 259 g/mol. The Morgan fingerprint density at radius 3 is 2.38 bits per heavy atom. The summed E-state index contributed by atoms with van der Waals surface area (Å²) in [6.45, 7) is 2.46. The number of alkyl halides is 4. The van der Waals surface area contributed by atoms with Crippen LogP contribution < -0.4 is 0 Å². The normalized spacial score (nSPS) is 13.6. The molecule has 0 spiro atoms. The summed E-state index contributed by atoms with van der Waals surface area (Å²) in [4.78, 5) is 12.3. The molecule has 0 aromatic heterocycles. The first-order chi connectivity index (χ1) is 7.30. The number of halogens is 4. The van der Waals surface area contributed by atoms with Gasteiger partial charge in [0.05, 0.1) is 0 Å². The predicted octanol–water partition coefficient (Wildman–Crippen LogP) is 3.05. The number of amides is 1. The minimum Gasteiger partial charge on any atom is -0.332 e. The molecule has 1 atom stereocenters. The number of nitrogens with zero attached hydrogens (tertiary/aromatic N) is 1. The van der Waals surface area contributed by atoms with Gasteiger partial charge in [-0.15, -0.1) is 11.6 Å². The van der Waals surface area contributed by atoms with Crippen molar-refractivity contribution in [3.63, 3.8) is 0 Å². The van der Waals surface area contributed by atoms with E-state index in [1.807, 2.05) is 13.8 Å². The SMILES string of the molecule is CCC(C)CC(=O)N(CCCl)CC(F)(F)F. The fourth-order valence-corrected chi connectivity index (χ4v) is 1.39. The largest absolute Gasteiger partial charge is 0.406 e. The van der Waals surface area contributed by atoms with Gasteiger partial charge in [0, 0.05) is 18.8 Å². The summed E-state index contributed by atoms with van der Waals surface area (Å²) < 4.78 is 36.5. The third kappa shape index (κ3) is 6.93. The molecule has 0 saturated carbocycles. The molecular weight excluding hydrogens is 243 g/mol. The summed E-state index contributed by atoms with van der Waals surface area (Å²) in [5, 5.41) is 0. The third-order valence-electron chi connectivity index (χ3n) is 2.30. The highest BCUT2D eigenvalue weighted by Crippen LogP contribution is 2.18. The fraction of sp³-hybridized carbons (Fsp3) is 0.900. The van der Waals surface area contributed by atoms with Crippen LogP contribution in [-0.2, 0) is 4.79 Å². The number of carbonyl (C=O) groups is 1. The average molecular weight is 260 g/mol. The van der Waals surface area contributed by atoms with E-state index in [0.717, 1.165) is 11.3 Å². The van der Waals surface area contributed by atoms with Crippen LogP contribution in [0.15, 0.2) is 0 Å². The van der Waals surface area contributed by atoms with Crippen molar-refractivity contribution in [3.05, 3.63) is 0 Å². The summed E-state index contributed by atoms with van der Waals surface area (Å²) in [5.74, 6) is -0.367. The third-order valence-corrected chi connectivity index (χ3v) is 2.47. The highest BCUT2D eigenvalue weighted by atomic mass is 35.5. The highest BCUT2D eigenvalue weighted by Gasteiger charge is 2.32. The van der Waals surface area contributed by atoms with Crippen LogP contribution in [0.4, 0.5) is 13.2 Å². The Labute approximate surface area is 98.7 Å². The molecule has 0 rings (SSSR count). The quantitative estimate of drug-likeness (QED) is 0.672. The zero-order chi connectivity index (χ0) is 12.8. The molecule has 0 bridgehead atoms. The van der Waals surface area contributed by atoms with Crippen molar-refractivity contribution in [2.75, 3.05) is 19.0 Å². The molecular formula is C10H17ClF3NO. The Hall–Kier alpha value is -0.450. The molecule has 0 heterocycles. The van der Waals surface area contributed by atoms with Gasteiger partial charge in [0.1, 0.15) is 6.54 Å². The van der Waals surface area contributed by atoms with Crippen LogP contribution in [0.3, 0.4) is 0 Å². The molecule has 0 saturated heterocycles. The number of hydrogen-bond acceptors (Lipinski definition) is 1. The second-order valence-electron chi connectivity index (χ2n) is 3.84. The molecule has 0 aliphatic carbocycles. The number of hydrogen-bond donors (Lipinski definition) is 0. The zero-order valence-corrected chi connectivity index (χ0v) is 10.2. The van der Waals surface area contributed by atoms with Gasteiger partial charge in [-0.1, -0.05) is 20.3 Å². The van der Waals surface area contributed by atoms with Crippen LogP contribution >= 0.6 is 11.6 Å². The van der Waals surface area contributed by atoms with E-state index in [1.165, 1.54) is 0 Å². The van der Waals surface area contributed by atoms with Crippen molar-refractivity contribution < 1.29 is 18.0 Å². The first-order valence-corrected chi connectivity index (χ1v) is 5.74. The summed E-state index contributed by atoms with van der Waals surface area (Å²) in [5.41, 5.74) is 0. The van der Waals surface area contributed by atoms with Crippen LogP contribution in [0.25, 0.3) is 0 Å². The molecule has 0 aromatic carbocycles. The molecule has 96 valence electrons. The average Bonchev–Trinajstić information content (AvgIpc) is 2.14. The van der Waals surface area contributed by atoms with Gasteiger partial charge >= 0.3 is 6.18 Å². The first-order valence-electron chi connectivity index (χ1n) is 5.20. The van der Waals surface area contributed by atoms with E-state index in [1.54, 1.807) is 0 Å². The lowest BCUT2D eigenvalue weighted by Gasteiger charge is -2.24. The Balaban J connectivity index is 4.35. The van der Waals surface area contributed by atoms with Gasteiger partial charge in [0.25, 0.3) is 0 Å². The summed E-state index contributed by atoms with van der Waals surface area (Å²) >= 11 is 5.38. The summed E-state index contributed by atoms with van der Waals surface area (Å²) in [6, 6.07) is 0. The van der Waals surface area contributed by atoms with Gasteiger partial charge in [-0.05, 0) is 5.92 Å². The molecule has 1 unspecified atom stereocenters. The number of rotatable bonds is 6. The van der Waals surface area contributed by atoms with Crippen molar-refractivity contribution in [3.8, 4) is 0 Å². The minimum atomic E-state index is -4.36. The van der Waals surface area contributed by atoms with Crippen LogP contribution in [0.1, 0.15) is 26.7 Å². The molecule has 0 aromatic rings. The van der Waals surface area contributed by atoms with E-state index in [0.29, 0.717) is 0 Å². The van der Waals surface area contributed by atoms with E-state index >= 15 is 0 Å². The van der Waals surface area contributed by atoms with Gasteiger partial charge in [-0.3, -0.25) is 4.79 Å². The molecule has 0 N–H and O–H groups in total. The Morgan fingerprint density at radius 2 is 2.00 bits per heavy atom. The lowest BCUT2D eigenvalue weighted by molar-refractivity contribution is -0.161. The number of carbonyl (C=O) groups excluding carboxylic acids is 1. The lowest BCUT2D eigenvalue weighted by Crippen LogP contribution is -2.40. The summed E-state index contributed by atoms with van der Waals surface area (Å²) in [6.07, 6.45) is -3.45. The molecule has 6 heteroatoms. The van der Waals surface area contributed by atoms with Crippen LogP contribution in [0.5, 0.6) is 0 Å². The van der Waals surface area contributed by atoms with Crippen LogP contribution in [0, 0.1) is 5.92 Å². The van der Waals surface area contributed by atoms with Crippen molar-refractivity contribution in [1.29, 1.82) is 0 Å². The highest BCUT2D eigenvalue weighted by molar-refractivity contribution is 6.18. The maximum Gasteiger partial charge on any atom is 0.406 e. The molecule has 0 fully saturated rings. The summed E-state index contributed by atoms with van der Waals surface area (Å²) in [7, 11) is 0. The molecule has 0 aliphatic rings. The van der Waals surface area contributed by atoms with Crippen molar-refractivity contribution >= 4 is 17.5 Å². The predicted molar refractivity (Wildman–Crippen MR) is 57.4 cm³/mol. The maximum atomic E-state index is 12.2. The second-order valence-corrected chi connectivity index (χ2v) is 4.21. The van der Waals surface area contributed by atoms with Crippen molar-refractivity contribution in [2.24, 2.45) is 5.92 Å². The Morgan fingerprint density at radius 1 is 1.44 bits per heavy atom. The van der Waals surface area contributed by atoms with E-state index in [9.17, 15) is 18.0 Å². The van der Waals surface area contributed by atoms with Crippen molar-refractivity contribution in [1.82, 2.24) is 4.90 Å². The minimum absolute atomic E-state index is 0.0162. The molecule has 2 nitrogen and oxygen atoms in total. The van der Waals surface area contributed by atoms with Crippen LogP contribution in [0.2, 0.25) is 0 Å². The van der Waals surface area contributed by atoms with E-state index < -0.39 is 18.6 Å². The van der Waals surface area contributed by atoms with Gasteiger partial charge in [-0.2, -0.15) is 13.2 Å². The second kappa shape index (κ2) is 6.99. The topological polar surface area (TPSA) is 20.3 Å². The lowest BCUT2D eigenvalue weighted by atomic mass is 10.0. The van der Waals surface area contributed by atoms with Crippen LogP contribution in [-0.4, -0.2) is 36.0 Å². The van der Waals surface area contributed by atoms with Gasteiger partial charge in [0.2, 0.25) is 5.91 Å². The first kappa shape index (κ1) is 15.6. The van der Waals surface area contributed by atoms with E-state index in [2.05, 4.69) is 0 Å². The van der Waals surface area contributed by atoms with E-state index in [-0.39, 0.29) is 24.8 Å². The maximum absolute atomic E-state index is 12.2. The zero-order valence-electron chi connectivity index (χ0n) is 9.48. The van der Waals surface area contributed by atoms with E-state index in [4.69, 9.17) is 11.6 Å². The van der Waals surface area contributed by atoms with Gasteiger partial charge in [-0.25, -0.2) is 0 Å². The van der Waals surface area contributed by atoms with Gasteiger partial charge in [0.15, 0.2) is 0 Å².